The topological polar surface area (TPSA) is 129 Å². The SMILES string of the molecule is Cc1cc(-c2cc(F)c(=O)n(Cc3ccc4c(c3)NC(=O)CO4)c2)nc(S(=O)(=O)CCC(OCc2ccccc2F)c2ccccc2)n1. The van der Waals surface area contributed by atoms with E-state index in [4.69, 9.17) is 9.47 Å². The molecule has 3 heterocycles. The summed E-state index contributed by atoms with van der Waals surface area (Å²) in [6.45, 7) is 1.37. The number of carbonyl (C=O) groups excluding carboxylic acids is 1. The highest BCUT2D eigenvalue weighted by Gasteiger charge is 2.24. The molecule has 13 heteroatoms. The molecule has 0 bridgehead atoms. The van der Waals surface area contributed by atoms with E-state index in [1.165, 1.54) is 18.3 Å². The third-order valence-corrected chi connectivity index (χ3v) is 9.21. The summed E-state index contributed by atoms with van der Waals surface area (Å²) in [6.07, 6.45) is 0.741. The zero-order valence-electron chi connectivity index (χ0n) is 25.7. The summed E-state index contributed by atoms with van der Waals surface area (Å²) < 4.78 is 68.9. The van der Waals surface area contributed by atoms with Crippen LogP contribution in [0.2, 0.25) is 0 Å². The lowest BCUT2D eigenvalue weighted by Gasteiger charge is -2.19. The molecule has 1 amide bonds. The quantitative estimate of drug-likeness (QED) is 0.185. The number of halogens is 2. The van der Waals surface area contributed by atoms with Crippen LogP contribution in [0.15, 0.2) is 101 Å². The van der Waals surface area contributed by atoms with Gasteiger partial charge < -0.3 is 19.4 Å². The van der Waals surface area contributed by atoms with E-state index in [1.54, 1.807) is 67.6 Å². The second-order valence-corrected chi connectivity index (χ2v) is 13.3. The summed E-state index contributed by atoms with van der Waals surface area (Å²) >= 11 is 0. The largest absolute Gasteiger partial charge is 0.482 e. The number of hydrogen-bond donors (Lipinski definition) is 1. The highest BCUT2D eigenvalue weighted by Crippen LogP contribution is 2.29. The van der Waals surface area contributed by atoms with Crippen molar-refractivity contribution in [2.24, 2.45) is 0 Å². The summed E-state index contributed by atoms with van der Waals surface area (Å²) in [7, 11) is -4.08. The van der Waals surface area contributed by atoms with Gasteiger partial charge in [0.05, 0.1) is 36.4 Å². The van der Waals surface area contributed by atoms with Gasteiger partial charge in [0.25, 0.3) is 11.5 Å². The highest BCUT2D eigenvalue weighted by molar-refractivity contribution is 7.91. The maximum atomic E-state index is 15.0. The van der Waals surface area contributed by atoms with E-state index in [-0.39, 0.29) is 49.1 Å². The first-order chi connectivity index (χ1) is 23.1. The lowest BCUT2D eigenvalue weighted by atomic mass is 10.1. The Kier molecular flexibility index (Phi) is 9.42. The van der Waals surface area contributed by atoms with Crippen LogP contribution in [-0.2, 0) is 32.5 Å². The number of ether oxygens (including phenoxy) is 2. The highest BCUT2D eigenvalue weighted by atomic mass is 32.2. The molecule has 10 nitrogen and oxygen atoms in total. The van der Waals surface area contributed by atoms with Gasteiger partial charge in [0, 0.05) is 23.0 Å². The van der Waals surface area contributed by atoms with Crippen LogP contribution < -0.4 is 15.6 Å². The molecule has 1 atom stereocenters. The van der Waals surface area contributed by atoms with Gasteiger partial charge in [-0.25, -0.2) is 27.2 Å². The molecular formula is C35H30F2N4O6S. The van der Waals surface area contributed by atoms with Crippen molar-refractivity contribution in [3.8, 4) is 17.0 Å². The fourth-order valence-corrected chi connectivity index (χ4v) is 6.51. The van der Waals surface area contributed by atoms with Crippen molar-refractivity contribution in [2.75, 3.05) is 17.7 Å². The van der Waals surface area contributed by atoms with E-state index in [0.29, 0.717) is 28.3 Å². The Bertz CT molecular complexity index is 2160. The minimum atomic E-state index is -4.08. The zero-order valence-corrected chi connectivity index (χ0v) is 26.5. The fraction of sp³-hybridized carbons (Fsp3) is 0.200. The van der Waals surface area contributed by atoms with E-state index < -0.39 is 38.3 Å². The lowest BCUT2D eigenvalue weighted by molar-refractivity contribution is -0.118. The van der Waals surface area contributed by atoms with Crippen molar-refractivity contribution < 1.29 is 31.5 Å². The van der Waals surface area contributed by atoms with Crippen LogP contribution in [0.1, 0.15) is 34.9 Å². The van der Waals surface area contributed by atoms with Crippen molar-refractivity contribution in [1.82, 2.24) is 14.5 Å². The molecule has 0 aliphatic carbocycles. The zero-order chi connectivity index (χ0) is 33.8. The molecule has 0 radical (unpaired) electrons. The number of hydrogen-bond acceptors (Lipinski definition) is 8. The molecule has 5 aromatic rings. The molecule has 48 heavy (non-hydrogen) atoms. The average molecular weight is 673 g/mol. The number of sulfone groups is 1. The van der Waals surface area contributed by atoms with Crippen LogP contribution in [0.4, 0.5) is 14.5 Å². The number of rotatable bonds is 11. The number of anilines is 1. The minimum Gasteiger partial charge on any atom is -0.482 e. The van der Waals surface area contributed by atoms with Crippen molar-refractivity contribution in [2.45, 2.75) is 37.8 Å². The number of aromatic nitrogens is 3. The fourth-order valence-electron chi connectivity index (χ4n) is 5.28. The second-order valence-electron chi connectivity index (χ2n) is 11.3. The van der Waals surface area contributed by atoms with Crippen molar-refractivity contribution in [1.29, 1.82) is 0 Å². The maximum absolute atomic E-state index is 15.0. The summed E-state index contributed by atoms with van der Waals surface area (Å²) in [5.74, 6) is -1.71. The average Bonchev–Trinajstić information content (AvgIpc) is 3.07. The van der Waals surface area contributed by atoms with Gasteiger partial charge in [-0.3, -0.25) is 9.59 Å². The van der Waals surface area contributed by atoms with E-state index in [0.717, 1.165) is 16.2 Å². The standard InChI is InChI=1S/C35H30F2N4O6S/c1-22-15-29(26-17-28(37)34(43)41(19-26)18-23-11-12-32-30(16-23)39-33(42)21-47-32)40-35(38-22)48(44,45)14-13-31(24-7-3-2-4-8-24)46-20-25-9-5-6-10-27(25)36/h2-12,15-17,19,31H,13-14,18,20-21H2,1H3,(H,39,42). The monoisotopic (exact) mass is 672 g/mol. The van der Waals surface area contributed by atoms with Crippen molar-refractivity contribution in [3.63, 3.8) is 0 Å². The van der Waals surface area contributed by atoms with E-state index in [2.05, 4.69) is 15.3 Å². The predicted molar refractivity (Wildman–Crippen MR) is 173 cm³/mol. The van der Waals surface area contributed by atoms with Gasteiger partial charge in [0.1, 0.15) is 11.6 Å². The summed E-state index contributed by atoms with van der Waals surface area (Å²) in [4.78, 5) is 32.9. The van der Waals surface area contributed by atoms with Crippen LogP contribution in [0.25, 0.3) is 11.3 Å². The Morgan fingerprint density at radius 1 is 0.958 bits per heavy atom. The van der Waals surface area contributed by atoms with Gasteiger partial charge in [-0.1, -0.05) is 54.6 Å². The lowest BCUT2D eigenvalue weighted by Crippen LogP contribution is -2.26. The van der Waals surface area contributed by atoms with Gasteiger partial charge >= 0.3 is 0 Å². The molecule has 246 valence electrons. The molecule has 6 rings (SSSR count). The first-order valence-electron chi connectivity index (χ1n) is 15.0. The number of aryl methyl sites for hydroxylation is 1. The summed E-state index contributed by atoms with van der Waals surface area (Å²) in [5.41, 5.74) is 1.78. The van der Waals surface area contributed by atoms with Crippen LogP contribution in [0.3, 0.4) is 0 Å². The van der Waals surface area contributed by atoms with Gasteiger partial charge in [-0.05, 0) is 54.8 Å². The molecule has 0 spiro atoms. The number of amides is 1. The number of carbonyl (C=O) groups is 1. The Balaban J connectivity index is 1.24. The summed E-state index contributed by atoms with van der Waals surface area (Å²) in [6, 6.07) is 22.7. The molecule has 3 aromatic carbocycles. The van der Waals surface area contributed by atoms with Gasteiger partial charge in [0.2, 0.25) is 15.0 Å². The molecule has 1 N–H and O–H groups in total. The van der Waals surface area contributed by atoms with Crippen LogP contribution >= 0.6 is 0 Å². The van der Waals surface area contributed by atoms with Crippen LogP contribution in [0, 0.1) is 18.6 Å². The molecule has 1 unspecified atom stereocenters. The van der Waals surface area contributed by atoms with E-state index in [9.17, 15) is 26.8 Å². The smallest absolute Gasteiger partial charge is 0.286 e. The normalized spacial score (nSPS) is 13.4. The molecule has 2 aromatic heterocycles. The third-order valence-electron chi connectivity index (χ3n) is 7.70. The first-order valence-corrected chi connectivity index (χ1v) is 16.7. The van der Waals surface area contributed by atoms with Crippen LogP contribution in [0.5, 0.6) is 5.75 Å². The number of nitrogens with one attached hydrogen (secondary N) is 1. The Morgan fingerprint density at radius 3 is 2.52 bits per heavy atom. The molecule has 0 saturated heterocycles. The van der Waals surface area contributed by atoms with E-state index in [1.807, 2.05) is 6.07 Å². The Morgan fingerprint density at radius 2 is 1.73 bits per heavy atom. The van der Waals surface area contributed by atoms with Gasteiger partial charge in [-0.15, -0.1) is 0 Å². The predicted octanol–water partition coefficient (Wildman–Crippen LogP) is 5.39. The Labute approximate surface area is 274 Å². The number of nitrogens with zero attached hydrogens (tertiary/aromatic N) is 3. The van der Waals surface area contributed by atoms with Gasteiger partial charge in [-0.2, -0.15) is 0 Å². The molecule has 1 aliphatic rings. The Hall–Kier alpha value is -5.27. The van der Waals surface area contributed by atoms with Crippen molar-refractivity contribution in [3.05, 3.63) is 135 Å². The van der Waals surface area contributed by atoms with E-state index >= 15 is 0 Å². The number of pyridine rings is 1. The second kappa shape index (κ2) is 13.8. The van der Waals surface area contributed by atoms with Crippen molar-refractivity contribution >= 4 is 21.4 Å². The summed E-state index contributed by atoms with van der Waals surface area (Å²) in [5, 5.41) is 2.24. The van der Waals surface area contributed by atoms with Gasteiger partial charge in [0.15, 0.2) is 12.4 Å². The minimum absolute atomic E-state index is 0.0270. The third kappa shape index (κ3) is 7.48. The first kappa shape index (κ1) is 32.7. The number of benzene rings is 3. The molecule has 0 saturated carbocycles. The molecule has 1 aliphatic heterocycles. The molecule has 0 fully saturated rings. The maximum Gasteiger partial charge on any atom is 0.286 e. The molecular weight excluding hydrogens is 642 g/mol. The number of fused-ring (bicyclic) bond motifs is 1. The van der Waals surface area contributed by atoms with Crippen LogP contribution in [-0.4, -0.2) is 41.2 Å².